The number of ether oxygens (including phenoxy) is 5. The van der Waals surface area contributed by atoms with E-state index in [1.165, 1.54) is 28.9 Å². The first-order valence-corrected chi connectivity index (χ1v) is 15.1. The van der Waals surface area contributed by atoms with E-state index in [0.717, 1.165) is 18.4 Å². The SMILES string of the molecule is COC(=O)OCOC1=C([O-])C(C)C(C2=CC(C)(F)C(F)C3=C2Cc2ccccc2N2CCOCC32)[N+]2=NC3=COCCN3C([O-])=C12. The first-order chi connectivity index (χ1) is 22.1. The number of fused-ring (bicyclic) bond motifs is 6. The first-order valence-electron chi connectivity index (χ1n) is 15.1. The molecular weight excluding hydrogens is 606 g/mol. The number of methoxy groups -OCH3 is 1. The van der Waals surface area contributed by atoms with Crippen LogP contribution in [0.4, 0.5) is 19.3 Å². The molecule has 12 nitrogen and oxygen atoms in total. The summed E-state index contributed by atoms with van der Waals surface area (Å²) in [5.74, 6) is -2.32. The number of hydrogen-bond donors (Lipinski definition) is 0. The normalized spacial score (nSPS) is 30.3. The number of carbonyl (C=O) groups is 1. The van der Waals surface area contributed by atoms with Crippen LogP contribution in [0.1, 0.15) is 19.4 Å². The summed E-state index contributed by atoms with van der Waals surface area (Å²) in [6.07, 6.45) is -0.201. The number of rotatable bonds is 4. The van der Waals surface area contributed by atoms with E-state index in [-0.39, 0.29) is 49.0 Å². The molecule has 1 fully saturated rings. The van der Waals surface area contributed by atoms with Crippen molar-refractivity contribution in [1.29, 1.82) is 0 Å². The number of benzene rings is 1. The number of hydrogen-bond acceptors (Lipinski definition) is 11. The van der Waals surface area contributed by atoms with Gasteiger partial charge < -0.3 is 43.7 Å². The van der Waals surface area contributed by atoms with E-state index in [1.807, 2.05) is 24.3 Å². The Kier molecular flexibility index (Phi) is 7.41. The molecule has 7 rings (SSSR count). The number of alkyl halides is 2. The lowest BCUT2D eigenvalue weighted by molar-refractivity contribution is -0.602. The van der Waals surface area contributed by atoms with Gasteiger partial charge in [0.05, 0.1) is 32.9 Å². The van der Waals surface area contributed by atoms with Crippen LogP contribution in [0.5, 0.6) is 0 Å². The molecular formula is C32H33F2N4O8-. The Morgan fingerprint density at radius 1 is 1.24 bits per heavy atom. The van der Waals surface area contributed by atoms with Gasteiger partial charge in [-0.05, 0) is 35.8 Å². The molecule has 6 aliphatic rings. The Bertz CT molecular complexity index is 1660. The summed E-state index contributed by atoms with van der Waals surface area (Å²) in [5.41, 5.74) is 0.298. The highest BCUT2D eigenvalue weighted by Gasteiger charge is 2.54. The lowest BCUT2D eigenvalue weighted by atomic mass is 9.72. The molecule has 46 heavy (non-hydrogen) atoms. The largest absolute Gasteiger partial charge is 0.872 e. The van der Waals surface area contributed by atoms with Crippen LogP contribution < -0.4 is 15.1 Å². The number of nitrogens with zero attached hydrogens (tertiary/aromatic N) is 4. The minimum atomic E-state index is -2.45. The van der Waals surface area contributed by atoms with Crippen LogP contribution in [-0.2, 0) is 30.1 Å². The average Bonchev–Trinajstić information content (AvgIpc) is 3.20. The predicted molar refractivity (Wildman–Crippen MR) is 151 cm³/mol. The minimum absolute atomic E-state index is 0.157. The highest BCUT2D eigenvalue weighted by Crippen LogP contribution is 2.49. The topological polar surface area (TPSA) is 131 Å². The van der Waals surface area contributed by atoms with Crippen LogP contribution in [0.2, 0.25) is 0 Å². The van der Waals surface area contributed by atoms with Crippen molar-refractivity contribution in [2.45, 2.75) is 44.2 Å². The van der Waals surface area contributed by atoms with Gasteiger partial charge in [-0.15, -0.1) is 0 Å². The van der Waals surface area contributed by atoms with Gasteiger partial charge in [-0.1, -0.05) is 35.6 Å². The molecule has 1 aromatic carbocycles. The zero-order chi connectivity index (χ0) is 32.3. The second kappa shape index (κ2) is 11.3. The molecule has 0 N–H and O–H groups in total. The quantitative estimate of drug-likeness (QED) is 0.275. The Morgan fingerprint density at radius 3 is 2.85 bits per heavy atom. The third-order valence-corrected chi connectivity index (χ3v) is 9.30. The van der Waals surface area contributed by atoms with Gasteiger partial charge in [0, 0.05) is 41.1 Å². The summed E-state index contributed by atoms with van der Waals surface area (Å²) in [7, 11) is 1.12. The molecule has 0 amide bonds. The summed E-state index contributed by atoms with van der Waals surface area (Å²) in [6, 6.07) is 6.11. The third kappa shape index (κ3) is 4.68. The maximum Gasteiger partial charge on any atom is 0.510 e. The summed E-state index contributed by atoms with van der Waals surface area (Å²) in [4.78, 5) is 15.0. The Labute approximate surface area is 263 Å². The van der Waals surface area contributed by atoms with Crippen LogP contribution in [-0.4, -0.2) is 86.5 Å². The fraction of sp³-hybridized carbons (Fsp3) is 0.469. The van der Waals surface area contributed by atoms with E-state index in [9.17, 15) is 15.0 Å². The second-order valence-electron chi connectivity index (χ2n) is 12.0. The second-order valence-corrected chi connectivity index (χ2v) is 12.0. The van der Waals surface area contributed by atoms with Gasteiger partial charge in [0.1, 0.15) is 12.9 Å². The third-order valence-electron chi connectivity index (χ3n) is 9.30. The fourth-order valence-corrected chi connectivity index (χ4v) is 7.15. The summed E-state index contributed by atoms with van der Waals surface area (Å²) < 4.78 is 60.6. The summed E-state index contributed by atoms with van der Waals surface area (Å²) in [6.45, 7) is 3.53. The number of anilines is 1. The van der Waals surface area contributed by atoms with Gasteiger partial charge >= 0.3 is 6.16 Å². The van der Waals surface area contributed by atoms with E-state index in [1.54, 1.807) is 6.92 Å². The van der Waals surface area contributed by atoms with Crippen molar-refractivity contribution in [3.8, 4) is 0 Å². The molecule has 0 bridgehead atoms. The number of morpholine rings is 1. The maximum atomic E-state index is 16.5. The van der Waals surface area contributed by atoms with Crippen LogP contribution >= 0.6 is 0 Å². The van der Waals surface area contributed by atoms with Gasteiger partial charge in [-0.2, -0.15) is 0 Å². The Morgan fingerprint density at radius 2 is 2.04 bits per heavy atom. The predicted octanol–water partition coefficient (Wildman–Crippen LogP) is 2.24. The smallest absolute Gasteiger partial charge is 0.510 e. The van der Waals surface area contributed by atoms with Gasteiger partial charge in [0.25, 0.3) is 5.70 Å². The molecule has 0 saturated carbocycles. The molecule has 5 unspecified atom stereocenters. The van der Waals surface area contributed by atoms with Gasteiger partial charge in [-0.25, -0.2) is 13.6 Å². The van der Waals surface area contributed by atoms with E-state index in [4.69, 9.17) is 24.1 Å². The number of allylic oxidation sites excluding steroid dienone is 1. The zero-order valence-corrected chi connectivity index (χ0v) is 25.5. The van der Waals surface area contributed by atoms with Gasteiger partial charge in [0.15, 0.2) is 17.6 Å². The monoisotopic (exact) mass is 639 g/mol. The van der Waals surface area contributed by atoms with Crippen molar-refractivity contribution in [3.05, 3.63) is 87.8 Å². The molecule has 244 valence electrons. The minimum Gasteiger partial charge on any atom is -0.872 e. The molecule has 0 radical (unpaired) electrons. The van der Waals surface area contributed by atoms with E-state index in [0.29, 0.717) is 24.3 Å². The van der Waals surface area contributed by atoms with Crippen LogP contribution in [0.25, 0.3) is 0 Å². The zero-order valence-electron chi connectivity index (χ0n) is 25.5. The van der Waals surface area contributed by atoms with E-state index >= 15 is 8.78 Å². The Balaban J connectivity index is 1.42. The van der Waals surface area contributed by atoms with Crippen molar-refractivity contribution in [1.82, 2.24) is 4.90 Å². The highest BCUT2D eigenvalue weighted by atomic mass is 19.2. The standard InChI is InChI=1S/C32H33F2N4O8/c1-17-25(38-26(28(27(17)39)45-16-46-31(41)42-3)30(40)37-9-11-44-15-23(37)35-38)20-13-32(2,34)29(33)24-19(20)12-18-6-4-5-7-21(18)36-8-10-43-14-22(24)36/h4-7,13,15,17,22,25,29H,8-12,14,16H2,1-3H3/q-1. The van der Waals surface area contributed by atoms with Gasteiger partial charge in [0.2, 0.25) is 18.7 Å². The molecule has 0 spiro atoms. The van der Waals surface area contributed by atoms with Crippen molar-refractivity contribution >= 4 is 11.8 Å². The maximum absolute atomic E-state index is 16.5. The Hall–Kier alpha value is -4.59. The summed E-state index contributed by atoms with van der Waals surface area (Å²) >= 11 is 0. The first kappa shape index (κ1) is 30.1. The molecule has 5 heterocycles. The number of halogens is 2. The number of azo groups is 2. The molecule has 14 heteroatoms. The van der Waals surface area contributed by atoms with Crippen molar-refractivity contribution in [2.75, 3.05) is 51.7 Å². The molecule has 0 aromatic heterocycles. The average molecular weight is 640 g/mol. The molecule has 5 aliphatic heterocycles. The van der Waals surface area contributed by atoms with Crippen LogP contribution in [0, 0.1) is 5.92 Å². The summed E-state index contributed by atoms with van der Waals surface area (Å²) in [5, 5.41) is 32.8. The lowest BCUT2D eigenvalue weighted by Crippen LogP contribution is -2.53. The van der Waals surface area contributed by atoms with Crippen LogP contribution in [0.15, 0.2) is 87.4 Å². The molecule has 1 aliphatic carbocycles. The fourth-order valence-electron chi connectivity index (χ4n) is 7.15. The number of carbonyl (C=O) groups excluding carboxylic acids is 1. The molecule has 1 saturated heterocycles. The lowest BCUT2D eigenvalue weighted by Gasteiger charge is -2.44. The van der Waals surface area contributed by atoms with E-state index in [2.05, 4.69) is 9.64 Å². The highest BCUT2D eigenvalue weighted by molar-refractivity contribution is 5.65. The molecule has 1 aromatic rings. The van der Waals surface area contributed by atoms with Crippen molar-refractivity contribution in [3.63, 3.8) is 0 Å². The van der Waals surface area contributed by atoms with Crippen LogP contribution in [0.3, 0.4) is 0 Å². The molecule has 5 atom stereocenters. The van der Waals surface area contributed by atoms with E-state index < -0.39 is 54.4 Å². The van der Waals surface area contributed by atoms with Crippen molar-refractivity contribution in [2.24, 2.45) is 11.0 Å². The number of para-hydroxylation sites is 1. The van der Waals surface area contributed by atoms with Gasteiger partial charge in [-0.3, -0.25) is 0 Å². The van der Waals surface area contributed by atoms with Crippen molar-refractivity contribution < 1.29 is 52.2 Å².